The number of thioether (sulfide) groups is 1. The maximum absolute atomic E-state index is 12.7. The zero-order valence-electron chi connectivity index (χ0n) is 17.8. The monoisotopic (exact) mass is 475 g/mol. The maximum atomic E-state index is 12.7. The smallest absolute Gasteiger partial charge is 0.233 e. The van der Waals surface area contributed by atoms with Gasteiger partial charge in [-0.3, -0.25) is 9.69 Å². The summed E-state index contributed by atoms with van der Waals surface area (Å²) in [6.45, 7) is 6.24. The minimum absolute atomic E-state index is 0.115. The van der Waals surface area contributed by atoms with Gasteiger partial charge in [-0.15, -0.1) is 0 Å². The van der Waals surface area contributed by atoms with Gasteiger partial charge in [0.1, 0.15) is 11.0 Å². The van der Waals surface area contributed by atoms with E-state index in [9.17, 15) is 4.79 Å². The van der Waals surface area contributed by atoms with Gasteiger partial charge in [-0.1, -0.05) is 29.4 Å². The molecule has 2 saturated heterocycles. The molecule has 0 N–H and O–H groups in total. The molecule has 1 amide bonds. The number of aromatic nitrogens is 2. The molecule has 0 spiro atoms. The molecule has 3 aliphatic heterocycles. The van der Waals surface area contributed by atoms with Crippen LogP contribution in [0.5, 0.6) is 11.5 Å². The number of hydrogen-bond acceptors (Lipinski definition) is 8. The Kier molecular flexibility index (Phi) is 6.56. The third-order valence-electron chi connectivity index (χ3n) is 5.98. The van der Waals surface area contributed by atoms with Gasteiger partial charge < -0.3 is 19.3 Å². The normalized spacial score (nSPS) is 18.4. The van der Waals surface area contributed by atoms with Crippen molar-refractivity contribution < 1.29 is 14.3 Å². The minimum atomic E-state index is 0.115. The number of carbonyl (C=O) groups excluding carboxylic acids is 1. The predicted molar refractivity (Wildman–Crippen MR) is 124 cm³/mol. The van der Waals surface area contributed by atoms with E-state index in [0.29, 0.717) is 16.1 Å². The molecule has 2 fully saturated rings. The van der Waals surface area contributed by atoms with Crippen LogP contribution in [0.15, 0.2) is 29.4 Å². The Morgan fingerprint density at radius 1 is 1.00 bits per heavy atom. The molecule has 0 bridgehead atoms. The van der Waals surface area contributed by atoms with E-state index >= 15 is 0 Å². The summed E-state index contributed by atoms with van der Waals surface area (Å²) < 4.78 is 10.8. The van der Waals surface area contributed by atoms with Crippen molar-refractivity contribution in [3.63, 3.8) is 0 Å². The number of anilines is 1. The molecule has 0 saturated carbocycles. The fraction of sp³-hybridized carbons (Fsp3) is 0.500. The summed E-state index contributed by atoms with van der Waals surface area (Å²) in [5.41, 5.74) is 1.19. The number of benzene rings is 1. The Morgan fingerprint density at radius 2 is 1.78 bits per heavy atom. The third-order valence-corrected chi connectivity index (χ3v) is 7.01. The van der Waals surface area contributed by atoms with Crippen LogP contribution in [0.3, 0.4) is 0 Å². The second-order valence-corrected chi connectivity index (χ2v) is 9.49. The second kappa shape index (κ2) is 9.72. The molecule has 0 atom stereocenters. The number of rotatable bonds is 6. The summed E-state index contributed by atoms with van der Waals surface area (Å²) >= 11 is 7.56. The molecule has 3 aliphatic rings. The van der Waals surface area contributed by atoms with Gasteiger partial charge in [0.2, 0.25) is 12.7 Å². The standard InChI is InChI=1S/C22H26ClN5O3S/c23-19-12-20(27-5-1-2-6-27)25-22(24-19)32-14-21(29)28-9-7-26(8-10-28)13-16-3-4-17-18(11-16)31-15-30-17/h3-4,11-12H,1-2,5-10,13-15H2. The first-order valence-electron chi connectivity index (χ1n) is 10.9. The number of fused-ring (bicyclic) bond motifs is 1. The van der Waals surface area contributed by atoms with E-state index in [1.165, 1.54) is 30.2 Å². The molecular formula is C22H26ClN5O3S. The highest BCUT2D eigenvalue weighted by molar-refractivity contribution is 7.99. The van der Waals surface area contributed by atoms with Crippen molar-refractivity contribution >= 4 is 35.1 Å². The van der Waals surface area contributed by atoms with E-state index in [2.05, 4.69) is 25.8 Å². The lowest BCUT2D eigenvalue weighted by Crippen LogP contribution is -2.48. The van der Waals surface area contributed by atoms with Crippen molar-refractivity contribution in [1.82, 2.24) is 19.8 Å². The van der Waals surface area contributed by atoms with Crippen molar-refractivity contribution in [3.8, 4) is 11.5 Å². The second-order valence-electron chi connectivity index (χ2n) is 8.16. The number of carbonyl (C=O) groups is 1. The van der Waals surface area contributed by atoms with Crippen molar-refractivity contribution in [2.24, 2.45) is 0 Å². The quantitative estimate of drug-likeness (QED) is 0.359. The summed E-state index contributed by atoms with van der Waals surface area (Å²) in [4.78, 5) is 28.2. The molecule has 10 heteroatoms. The van der Waals surface area contributed by atoms with Crippen LogP contribution < -0.4 is 14.4 Å². The van der Waals surface area contributed by atoms with Gasteiger partial charge in [-0.05, 0) is 30.5 Å². The van der Waals surface area contributed by atoms with Crippen molar-refractivity contribution in [1.29, 1.82) is 0 Å². The summed E-state index contributed by atoms with van der Waals surface area (Å²) in [6.07, 6.45) is 2.34. The van der Waals surface area contributed by atoms with Gasteiger partial charge in [-0.2, -0.15) is 0 Å². The lowest BCUT2D eigenvalue weighted by Gasteiger charge is -2.34. The number of ether oxygens (including phenoxy) is 2. The van der Waals surface area contributed by atoms with Crippen molar-refractivity contribution in [3.05, 3.63) is 35.0 Å². The zero-order chi connectivity index (χ0) is 21.9. The van der Waals surface area contributed by atoms with E-state index in [0.717, 1.165) is 63.1 Å². The average Bonchev–Trinajstić information content (AvgIpc) is 3.49. The lowest BCUT2D eigenvalue weighted by atomic mass is 10.1. The largest absolute Gasteiger partial charge is 0.454 e. The van der Waals surface area contributed by atoms with Crippen LogP contribution in [-0.4, -0.2) is 77.5 Å². The Bertz CT molecular complexity index is 980. The first-order valence-corrected chi connectivity index (χ1v) is 12.3. The third kappa shape index (κ3) is 5.05. The van der Waals surface area contributed by atoms with Gasteiger partial charge in [0.25, 0.3) is 0 Å². The summed E-state index contributed by atoms with van der Waals surface area (Å²) in [5, 5.41) is 0.989. The Labute approximate surface area is 196 Å². The molecule has 0 radical (unpaired) electrons. The van der Waals surface area contributed by atoms with Crippen molar-refractivity contribution in [2.75, 3.05) is 56.7 Å². The fourth-order valence-corrected chi connectivity index (χ4v) is 5.21. The zero-order valence-corrected chi connectivity index (χ0v) is 19.4. The highest BCUT2D eigenvalue weighted by Gasteiger charge is 2.23. The van der Waals surface area contributed by atoms with Gasteiger partial charge >= 0.3 is 0 Å². The Balaban J connectivity index is 1.10. The highest BCUT2D eigenvalue weighted by atomic mass is 35.5. The number of amides is 1. The predicted octanol–water partition coefficient (Wildman–Crippen LogP) is 2.90. The molecular weight excluding hydrogens is 450 g/mol. The molecule has 1 aromatic carbocycles. The van der Waals surface area contributed by atoms with E-state index in [1.807, 2.05) is 17.0 Å². The van der Waals surface area contributed by atoms with Crippen LogP contribution in [0.4, 0.5) is 5.82 Å². The van der Waals surface area contributed by atoms with Crippen LogP contribution in [0.1, 0.15) is 18.4 Å². The molecule has 1 aromatic heterocycles. The SMILES string of the molecule is O=C(CSc1nc(Cl)cc(N2CCCC2)n1)N1CCN(Cc2ccc3c(c2)OCO3)CC1. The molecule has 2 aromatic rings. The average molecular weight is 476 g/mol. The topological polar surface area (TPSA) is 71.0 Å². The Morgan fingerprint density at radius 3 is 2.59 bits per heavy atom. The lowest BCUT2D eigenvalue weighted by molar-refractivity contribution is -0.130. The molecule has 0 unspecified atom stereocenters. The summed E-state index contributed by atoms with van der Waals surface area (Å²) in [6, 6.07) is 7.88. The van der Waals surface area contributed by atoms with Gasteiger partial charge in [0.05, 0.1) is 5.75 Å². The van der Waals surface area contributed by atoms with Crippen LogP contribution >= 0.6 is 23.4 Å². The van der Waals surface area contributed by atoms with Gasteiger partial charge in [0, 0.05) is 51.9 Å². The fourth-order valence-electron chi connectivity index (χ4n) is 4.23. The van der Waals surface area contributed by atoms with Gasteiger partial charge in [-0.25, -0.2) is 9.97 Å². The van der Waals surface area contributed by atoms with E-state index in [1.54, 1.807) is 6.07 Å². The highest BCUT2D eigenvalue weighted by Crippen LogP contribution is 2.33. The van der Waals surface area contributed by atoms with Crippen molar-refractivity contribution in [2.45, 2.75) is 24.5 Å². The molecule has 5 rings (SSSR count). The molecule has 0 aliphatic carbocycles. The van der Waals surface area contributed by atoms with Crippen LogP contribution in [0.25, 0.3) is 0 Å². The maximum Gasteiger partial charge on any atom is 0.233 e. The first kappa shape index (κ1) is 21.6. The summed E-state index contributed by atoms with van der Waals surface area (Å²) in [5.74, 6) is 2.91. The number of nitrogens with zero attached hydrogens (tertiary/aromatic N) is 5. The summed E-state index contributed by atoms with van der Waals surface area (Å²) in [7, 11) is 0. The van der Waals surface area contributed by atoms with E-state index in [-0.39, 0.29) is 12.7 Å². The number of hydrogen-bond donors (Lipinski definition) is 0. The van der Waals surface area contributed by atoms with Crippen LogP contribution in [0.2, 0.25) is 5.15 Å². The van der Waals surface area contributed by atoms with E-state index < -0.39 is 0 Å². The van der Waals surface area contributed by atoms with E-state index in [4.69, 9.17) is 21.1 Å². The molecule has 8 nitrogen and oxygen atoms in total. The van der Waals surface area contributed by atoms with Gasteiger partial charge in [0.15, 0.2) is 16.7 Å². The van der Waals surface area contributed by atoms with Crippen LogP contribution in [0, 0.1) is 0 Å². The number of halogens is 1. The van der Waals surface area contributed by atoms with Crippen LogP contribution in [-0.2, 0) is 11.3 Å². The Hall–Kier alpha value is -2.23. The molecule has 170 valence electrons. The minimum Gasteiger partial charge on any atom is -0.454 e. The number of piperazine rings is 1. The molecule has 4 heterocycles. The first-order chi connectivity index (χ1) is 15.6. The molecule has 32 heavy (non-hydrogen) atoms.